The molecule has 1 fully saturated rings. The third kappa shape index (κ3) is 6.38. The van der Waals surface area contributed by atoms with E-state index in [1.54, 1.807) is 6.92 Å². The van der Waals surface area contributed by atoms with Gasteiger partial charge in [0.2, 0.25) is 0 Å². The first-order chi connectivity index (χ1) is 9.24. The highest BCUT2D eigenvalue weighted by Gasteiger charge is 2.36. The Kier molecular flexibility index (Phi) is 6.01. The molecule has 0 aliphatic heterocycles. The van der Waals surface area contributed by atoms with E-state index >= 15 is 0 Å². The van der Waals surface area contributed by atoms with Crippen LogP contribution in [0.5, 0.6) is 0 Å². The van der Waals surface area contributed by atoms with E-state index in [9.17, 15) is 4.79 Å². The number of rotatable bonds is 6. The van der Waals surface area contributed by atoms with Crippen LogP contribution in [0, 0.1) is 12.5 Å². The van der Waals surface area contributed by atoms with E-state index in [0.29, 0.717) is 19.1 Å². The van der Waals surface area contributed by atoms with Crippen LogP contribution in [0.3, 0.4) is 0 Å². The Morgan fingerprint density at radius 2 is 1.85 bits per heavy atom. The second kappa shape index (κ2) is 7.08. The van der Waals surface area contributed by atoms with Crippen LogP contribution in [-0.2, 0) is 14.3 Å². The molecule has 20 heavy (non-hydrogen) atoms. The van der Waals surface area contributed by atoms with Crippen molar-refractivity contribution < 1.29 is 14.3 Å². The molecule has 4 nitrogen and oxygen atoms in total. The number of ether oxygens (including phenoxy) is 2. The standard InChI is InChI=1S/C16H27NO3/c1-15(2,3)20-14(18)10-16(4,17-5)12-19-11-13-8-6-7-9-13/h13H,6-12H2,1-4H3. The highest BCUT2D eigenvalue weighted by atomic mass is 16.6. The quantitative estimate of drug-likeness (QED) is 0.551. The Bertz CT molecular complexity index is 361. The molecule has 4 heteroatoms. The largest absolute Gasteiger partial charge is 0.460 e. The van der Waals surface area contributed by atoms with Crippen LogP contribution < -0.4 is 0 Å². The summed E-state index contributed by atoms with van der Waals surface area (Å²) in [7, 11) is 0. The monoisotopic (exact) mass is 281 g/mol. The Morgan fingerprint density at radius 1 is 1.25 bits per heavy atom. The van der Waals surface area contributed by atoms with Gasteiger partial charge >= 0.3 is 5.97 Å². The molecule has 114 valence electrons. The van der Waals surface area contributed by atoms with Gasteiger partial charge in [-0.1, -0.05) is 12.8 Å². The smallest absolute Gasteiger partial charge is 0.314 e. The van der Waals surface area contributed by atoms with Crippen molar-refractivity contribution in [3.8, 4) is 0 Å². The average molecular weight is 281 g/mol. The van der Waals surface area contributed by atoms with Crippen LogP contribution in [0.15, 0.2) is 0 Å². The second-order valence-electron chi connectivity index (χ2n) is 7.04. The van der Waals surface area contributed by atoms with Gasteiger partial charge in [0.15, 0.2) is 0 Å². The van der Waals surface area contributed by atoms with E-state index in [0.717, 1.165) is 0 Å². The van der Waals surface area contributed by atoms with Crippen LogP contribution in [0.25, 0.3) is 4.85 Å². The molecule has 0 N–H and O–H groups in total. The fourth-order valence-electron chi connectivity index (χ4n) is 2.43. The number of carbonyl (C=O) groups is 1. The summed E-state index contributed by atoms with van der Waals surface area (Å²) in [5, 5.41) is 0. The molecule has 0 aromatic heterocycles. The third-order valence-corrected chi connectivity index (χ3v) is 3.46. The van der Waals surface area contributed by atoms with Crippen LogP contribution in [0.1, 0.15) is 59.8 Å². The summed E-state index contributed by atoms with van der Waals surface area (Å²) in [5.74, 6) is 0.298. The normalized spacial score (nSPS) is 19.4. The summed E-state index contributed by atoms with van der Waals surface area (Å²) in [5.41, 5.74) is -1.33. The fourth-order valence-corrected chi connectivity index (χ4v) is 2.43. The van der Waals surface area contributed by atoms with Crippen molar-refractivity contribution >= 4 is 5.97 Å². The predicted molar refractivity (Wildman–Crippen MR) is 78.2 cm³/mol. The van der Waals surface area contributed by atoms with Crippen molar-refractivity contribution in [1.82, 2.24) is 0 Å². The minimum atomic E-state index is -0.819. The minimum Gasteiger partial charge on any atom is -0.460 e. The van der Waals surface area contributed by atoms with Crippen molar-refractivity contribution in [3.63, 3.8) is 0 Å². The van der Waals surface area contributed by atoms with Gasteiger partial charge in [0.25, 0.3) is 5.54 Å². The Labute approximate surface area is 122 Å². The molecular weight excluding hydrogens is 254 g/mol. The molecule has 0 aromatic rings. The van der Waals surface area contributed by atoms with E-state index in [1.165, 1.54) is 25.7 Å². The highest BCUT2D eigenvalue weighted by molar-refractivity contribution is 5.71. The number of esters is 1. The summed E-state index contributed by atoms with van der Waals surface area (Å²) in [6.07, 6.45) is 5.10. The van der Waals surface area contributed by atoms with Crippen LogP contribution >= 0.6 is 0 Å². The maximum atomic E-state index is 11.8. The molecule has 1 unspecified atom stereocenters. The molecular formula is C16H27NO3. The summed E-state index contributed by atoms with van der Waals surface area (Å²) in [6, 6.07) is 0. The molecule has 0 spiro atoms. The second-order valence-corrected chi connectivity index (χ2v) is 7.04. The lowest BCUT2D eigenvalue weighted by Gasteiger charge is -2.22. The van der Waals surface area contributed by atoms with Crippen molar-refractivity contribution in [2.75, 3.05) is 13.2 Å². The van der Waals surface area contributed by atoms with Gasteiger partial charge in [0, 0.05) is 13.5 Å². The Balaban J connectivity index is 2.37. The number of hydrogen-bond acceptors (Lipinski definition) is 3. The predicted octanol–water partition coefficient (Wildman–Crippen LogP) is 3.60. The summed E-state index contributed by atoms with van der Waals surface area (Å²) in [4.78, 5) is 15.4. The SMILES string of the molecule is [C-]#[N+]C(C)(COCC1CCCC1)CC(=O)OC(C)(C)C. The number of hydrogen-bond donors (Lipinski definition) is 0. The van der Waals surface area contributed by atoms with Gasteiger partial charge in [-0.15, -0.1) is 0 Å². The zero-order chi connectivity index (χ0) is 15.2. The highest BCUT2D eigenvalue weighted by Crippen LogP contribution is 2.26. The van der Waals surface area contributed by atoms with E-state index < -0.39 is 11.1 Å². The molecule has 1 aliphatic carbocycles. The van der Waals surface area contributed by atoms with Gasteiger partial charge in [-0.3, -0.25) is 4.79 Å². The molecule has 1 aliphatic rings. The molecule has 1 atom stereocenters. The third-order valence-electron chi connectivity index (χ3n) is 3.46. The number of nitrogens with zero attached hydrogens (tertiary/aromatic N) is 1. The Hall–Kier alpha value is -1.08. The van der Waals surface area contributed by atoms with E-state index in [1.807, 2.05) is 20.8 Å². The molecule has 0 heterocycles. The molecule has 0 aromatic carbocycles. The van der Waals surface area contributed by atoms with E-state index in [2.05, 4.69) is 4.85 Å². The zero-order valence-electron chi connectivity index (χ0n) is 13.2. The first-order valence-corrected chi connectivity index (χ1v) is 7.42. The van der Waals surface area contributed by atoms with Crippen LogP contribution in [0.2, 0.25) is 0 Å². The topological polar surface area (TPSA) is 39.9 Å². The zero-order valence-corrected chi connectivity index (χ0v) is 13.2. The fraction of sp³-hybridized carbons (Fsp3) is 0.875. The van der Waals surface area contributed by atoms with Crippen LogP contribution in [-0.4, -0.2) is 30.3 Å². The average Bonchev–Trinajstić information content (AvgIpc) is 2.79. The maximum Gasteiger partial charge on any atom is 0.314 e. The van der Waals surface area contributed by atoms with Gasteiger partial charge < -0.3 is 14.3 Å². The Morgan fingerprint density at radius 3 is 2.35 bits per heavy atom. The molecule has 1 saturated carbocycles. The molecule has 0 bridgehead atoms. The lowest BCUT2D eigenvalue weighted by Crippen LogP contribution is -2.34. The van der Waals surface area contributed by atoms with Gasteiger partial charge in [0.1, 0.15) is 18.6 Å². The lowest BCUT2D eigenvalue weighted by atomic mass is 10.00. The van der Waals surface area contributed by atoms with Crippen molar-refractivity contribution in [1.29, 1.82) is 0 Å². The van der Waals surface area contributed by atoms with Crippen molar-refractivity contribution in [2.24, 2.45) is 5.92 Å². The number of carbonyl (C=O) groups excluding carboxylic acids is 1. The first kappa shape index (κ1) is 17.0. The summed E-state index contributed by atoms with van der Waals surface area (Å²) in [6.45, 7) is 15.6. The van der Waals surface area contributed by atoms with Gasteiger partial charge in [-0.05, 0) is 39.5 Å². The van der Waals surface area contributed by atoms with Gasteiger partial charge in [0.05, 0.1) is 0 Å². The lowest BCUT2D eigenvalue weighted by molar-refractivity contribution is -0.156. The van der Waals surface area contributed by atoms with E-state index in [4.69, 9.17) is 16.0 Å². The molecule has 0 radical (unpaired) electrons. The van der Waals surface area contributed by atoms with Gasteiger partial charge in [-0.2, -0.15) is 0 Å². The first-order valence-electron chi connectivity index (χ1n) is 7.42. The summed E-state index contributed by atoms with van der Waals surface area (Å²) >= 11 is 0. The molecule has 1 rings (SSSR count). The maximum absolute atomic E-state index is 11.8. The van der Waals surface area contributed by atoms with Crippen molar-refractivity contribution in [2.45, 2.75) is 70.9 Å². The van der Waals surface area contributed by atoms with Gasteiger partial charge in [-0.25, -0.2) is 6.57 Å². The van der Waals surface area contributed by atoms with Crippen LogP contribution in [0.4, 0.5) is 0 Å². The molecule has 0 amide bonds. The minimum absolute atomic E-state index is 0.0818. The molecule has 0 saturated heterocycles. The summed E-state index contributed by atoms with van der Waals surface area (Å²) < 4.78 is 11.0. The van der Waals surface area contributed by atoms with E-state index in [-0.39, 0.29) is 12.4 Å². The van der Waals surface area contributed by atoms with Crippen molar-refractivity contribution in [3.05, 3.63) is 11.4 Å².